The molecule has 0 aliphatic carbocycles. The highest BCUT2D eigenvalue weighted by Crippen LogP contribution is 2.26. The molecular formula is C13H11Cl2N3O. The number of pyridine rings is 1. The fourth-order valence-electron chi connectivity index (χ4n) is 1.58. The van der Waals surface area contributed by atoms with Crippen molar-refractivity contribution in [3.63, 3.8) is 0 Å². The maximum Gasteiger partial charge on any atom is 0.258 e. The lowest BCUT2D eigenvalue weighted by Gasteiger charge is -2.09. The van der Waals surface area contributed by atoms with Gasteiger partial charge in [-0.2, -0.15) is 0 Å². The van der Waals surface area contributed by atoms with Crippen LogP contribution < -0.4 is 11.1 Å². The Hall–Kier alpha value is -1.78. The predicted octanol–water partition coefficient (Wildman–Crippen LogP) is 3.53. The van der Waals surface area contributed by atoms with Crippen molar-refractivity contribution in [2.75, 3.05) is 11.1 Å². The number of halogens is 2. The molecule has 1 amide bonds. The number of nitrogen functional groups attached to an aromatic ring is 1. The topological polar surface area (TPSA) is 68.0 Å². The highest BCUT2D eigenvalue weighted by molar-refractivity contribution is 6.44. The number of carbonyl (C=O) groups excluding carboxylic acids is 1. The highest BCUT2D eigenvalue weighted by Gasteiger charge is 2.14. The van der Waals surface area contributed by atoms with E-state index in [4.69, 9.17) is 28.9 Å². The van der Waals surface area contributed by atoms with Gasteiger partial charge in [0.2, 0.25) is 0 Å². The minimum Gasteiger partial charge on any atom is -0.397 e. The fraction of sp³-hybridized carbons (Fsp3) is 0.0769. The molecule has 3 N–H and O–H groups in total. The van der Waals surface area contributed by atoms with Crippen molar-refractivity contribution < 1.29 is 4.79 Å². The van der Waals surface area contributed by atoms with Gasteiger partial charge in [-0.05, 0) is 30.7 Å². The molecule has 1 heterocycles. The summed E-state index contributed by atoms with van der Waals surface area (Å²) in [5, 5.41) is 3.22. The average Bonchev–Trinajstić information content (AvgIpc) is 2.36. The van der Waals surface area contributed by atoms with Crippen molar-refractivity contribution in [3.8, 4) is 0 Å². The summed E-state index contributed by atoms with van der Waals surface area (Å²) < 4.78 is 0. The monoisotopic (exact) mass is 295 g/mol. The zero-order chi connectivity index (χ0) is 14.0. The van der Waals surface area contributed by atoms with Gasteiger partial charge in [-0.15, -0.1) is 0 Å². The summed E-state index contributed by atoms with van der Waals surface area (Å²) in [5.74, 6) is 0.0723. The van der Waals surface area contributed by atoms with Gasteiger partial charge in [0.25, 0.3) is 5.91 Å². The molecular weight excluding hydrogens is 285 g/mol. The molecule has 0 radical (unpaired) electrons. The van der Waals surface area contributed by atoms with Crippen LogP contribution in [-0.4, -0.2) is 10.9 Å². The van der Waals surface area contributed by atoms with E-state index in [0.29, 0.717) is 22.1 Å². The number of aromatic nitrogens is 1. The number of nitrogens with zero attached hydrogens (tertiary/aromatic N) is 1. The van der Waals surface area contributed by atoms with Crippen LogP contribution >= 0.6 is 23.2 Å². The van der Waals surface area contributed by atoms with Crippen LogP contribution in [0.15, 0.2) is 30.5 Å². The summed E-state index contributed by atoms with van der Waals surface area (Å²) >= 11 is 11.9. The molecule has 2 aromatic rings. The summed E-state index contributed by atoms with van der Waals surface area (Å²) in [6.45, 7) is 1.80. The molecule has 0 saturated heterocycles. The number of carbonyl (C=O) groups is 1. The Morgan fingerprint density at radius 1 is 1.37 bits per heavy atom. The van der Waals surface area contributed by atoms with Crippen LogP contribution in [0.5, 0.6) is 0 Å². The molecule has 0 aliphatic heterocycles. The number of nitrogens with two attached hydrogens (primary N) is 1. The molecule has 1 aromatic heterocycles. The second-order valence-corrected chi connectivity index (χ2v) is 4.77. The molecule has 19 heavy (non-hydrogen) atoms. The zero-order valence-corrected chi connectivity index (χ0v) is 11.6. The van der Waals surface area contributed by atoms with E-state index in [1.54, 1.807) is 31.2 Å². The third-order valence-electron chi connectivity index (χ3n) is 2.53. The van der Waals surface area contributed by atoms with E-state index in [2.05, 4.69) is 10.3 Å². The molecule has 0 aliphatic rings. The summed E-state index contributed by atoms with van der Waals surface area (Å²) in [7, 11) is 0. The molecule has 0 bridgehead atoms. The number of anilines is 2. The largest absolute Gasteiger partial charge is 0.397 e. The molecule has 0 fully saturated rings. The Labute approximate surface area is 120 Å². The van der Waals surface area contributed by atoms with Gasteiger partial charge < -0.3 is 11.1 Å². The van der Waals surface area contributed by atoms with Gasteiger partial charge >= 0.3 is 0 Å². The van der Waals surface area contributed by atoms with E-state index in [9.17, 15) is 4.79 Å². The van der Waals surface area contributed by atoms with Gasteiger partial charge in [-0.1, -0.05) is 29.3 Å². The van der Waals surface area contributed by atoms with Gasteiger partial charge in [0.05, 0.1) is 27.5 Å². The van der Waals surface area contributed by atoms with Crippen molar-refractivity contribution in [1.82, 2.24) is 4.98 Å². The molecule has 0 saturated carbocycles. The van der Waals surface area contributed by atoms with Gasteiger partial charge in [-0.3, -0.25) is 4.79 Å². The lowest BCUT2D eigenvalue weighted by atomic mass is 10.2. The quantitative estimate of drug-likeness (QED) is 0.890. The summed E-state index contributed by atoms with van der Waals surface area (Å²) in [4.78, 5) is 16.2. The number of hydrogen-bond donors (Lipinski definition) is 2. The van der Waals surface area contributed by atoms with Crippen molar-refractivity contribution in [2.45, 2.75) is 6.92 Å². The minimum absolute atomic E-state index is 0.217. The Bertz CT molecular complexity index is 644. The van der Waals surface area contributed by atoms with Crippen LogP contribution in [0.2, 0.25) is 10.0 Å². The second-order valence-electron chi connectivity index (χ2n) is 3.99. The molecule has 2 rings (SSSR count). The first-order chi connectivity index (χ1) is 8.99. The van der Waals surface area contributed by atoms with Gasteiger partial charge in [0.15, 0.2) is 0 Å². The fourth-order valence-corrected chi connectivity index (χ4v) is 1.97. The summed E-state index contributed by atoms with van der Waals surface area (Å²) in [6, 6.07) is 6.60. The van der Waals surface area contributed by atoms with Gasteiger partial charge in [-0.25, -0.2) is 4.98 Å². The van der Waals surface area contributed by atoms with Crippen molar-refractivity contribution in [1.29, 1.82) is 0 Å². The predicted molar refractivity (Wildman–Crippen MR) is 77.8 cm³/mol. The third-order valence-corrected chi connectivity index (χ3v) is 3.35. The van der Waals surface area contributed by atoms with E-state index in [1.807, 2.05) is 0 Å². The van der Waals surface area contributed by atoms with Crippen LogP contribution in [0, 0.1) is 6.92 Å². The van der Waals surface area contributed by atoms with E-state index in [0.717, 1.165) is 5.56 Å². The lowest BCUT2D eigenvalue weighted by Crippen LogP contribution is -2.14. The Morgan fingerprint density at radius 2 is 2.11 bits per heavy atom. The van der Waals surface area contributed by atoms with E-state index in [1.165, 1.54) is 6.20 Å². The molecule has 0 unspecified atom stereocenters. The first-order valence-corrected chi connectivity index (χ1v) is 6.22. The van der Waals surface area contributed by atoms with Crippen LogP contribution in [0.4, 0.5) is 11.5 Å². The molecule has 0 atom stereocenters. The van der Waals surface area contributed by atoms with Crippen molar-refractivity contribution >= 4 is 40.6 Å². The minimum atomic E-state index is -0.368. The first-order valence-electron chi connectivity index (χ1n) is 5.46. The molecule has 6 heteroatoms. The molecule has 4 nitrogen and oxygen atoms in total. The van der Waals surface area contributed by atoms with E-state index < -0.39 is 0 Å². The standard InChI is InChI=1S/C13H11Cl2N3O/c1-7-5-8(16)6-17-12(7)18-13(19)9-3-2-4-10(14)11(9)15/h2-6H,16H2,1H3,(H,17,18,19). The van der Waals surface area contributed by atoms with Gasteiger partial charge in [0, 0.05) is 0 Å². The van der Waals surface area contributed by atoms with Crippen LogP contribution in [-0.2, 0) is 0 Å². The maximum atomic E-state index is 12.1. The number of nitrogens with one attached hydrogen (secondary N) is 1. The van der Waals surface area contributed by atoms with E-state index >= 15 is 0 Å². The number of amides is 1. The van der Waals surface area contributed by atoms with Crippen LogP contribution in [0.25, 0.3) is 0 Å². The molecule has 1 aromatic carbocycles. The number of rotatable bonds is 2. The normalized spacial score (nSPS) is 10.3. The number of benzene rings is 1. The average molecular weight is 296 g/mol. The smallest absolute Gasteiger partial charge is 0.258 e. The Kier molecular flexibility index (Phi) is 3.93. The zero-order valence-electron chi connectivity index (χ0n) is 10.1. The van der Waals surface area contributed by atoms with Crippen LogP contribution in [0.1, 0.15) is 15.9 Å². The molecule has 98 valence electrons. The van der Waals surface area contributed by atoms with Gasteiger partial charge in [0.1, 0.15) is 5.82 Å². The lowest BCUT2D eigenvalue weighted by molar-refractivity contribution is 0.102. The second kappa shape index (κ2) is 5.47. The third kappa shape index (κ3) is 2.97. The van der Waals surface area contributed by atoms with Crippen LogP contribution in [0.3, 0.4) is 0 Å². The number of hydrogen-bond acceptors (Lipinski definition) is 3. The maximum absolute atomic E-state index is 12.1. The Balaban J connectivity index is 2.28. The number of aryl methyl sites for hydroxylation is 1. The van der Waals surface area contributed by atoms with E-state index in [-0.39, 0.29) is 10.9 Å². The molecule has 0 spiro atoms. The van der Waals surface area contributed by atoms with Crippen molar-refractivity contribution in [3.05, 3.63) is 51.6 Å². The summed E-state index contributed by atoms with van der Waals surface area (Å²) in [6.07, 6.45) is 1.47. The highest BCUT2D eigenvalue weighted by atomic mass is 35.5. The Morgan fingerprint density at radius 3 is 2.79 bits per heavy atom. The van der Waals surface area contributed by atoms with Crippen molar-refractivity contribution in [2.24, 2.45) is 0 Å². The first kappa shape index (κ1) is 13.6. The SMILES string of the molecule is Cc1cc(N)cnc1NC(=O)c1cccc(Cl)c1Cl. The summed E-state index contributed by atoms with van der Waals surface area (Å²) in [5.41, 5.74) is 7.21.